The Morgan fingerprint density at radius 3 is 2.83 bits per heavy atom. The van der Waals surface area contributed by atoms with E-state index in [0.29, 0.717) is 5.56 Å². The molecule has 2 rings (SSSR count). The molecule has 1 heterocycles. The van der Waals surface area contributed by atoms with Crippen molar-refractivity contribution in [3.8, 4) is 6.07 Å². The van der Waals surface area contributed by atoms with Crippen LogP contribution >= 0.6 is 0 Å². The highest BCUT2D eigenvalue weighted by Crippen LogP contribution is 2.48. The highest BCUT2D eigenvalue weighted by atomic mass is 19.1. The standard InChI is InChI=1S/C9H7FN2/c10-8-5-12-4-1-7(8)9(6-11)2-3-9/h1,4-5H,2-3H2. The summed E-state index contributed by atoms with van der Waals surface area (Å²) in [7, 11) is 0. The lowest BCUT2D eigenvalue weighted by Crippen LogP contribution is -2.05. The predicted octanol–water partition coefficient (Wildman–Crippen LogP) is 1.78. The van der Waals surface area contributed by atoms with Crippen LogP contribution in [0.4, 0.5) is 4.39 Å². The van der Waals surface area contributed by atoms with E-state index in [1.807, 2.05) is 0 Å². The van der Waals surface area contributed by atoms with Gasteiger partial charge < -0.3 is 0 Å². The van der Waals surface area contributed by atoms with E-state index >= 15 is 0 Å². The number of aromatic nitrogens is 1. The van der Waals surface area contributed by atoms with E-state index < -0.39 is 5.41 Å². The van der Waals surface area contributed by atoms with E-state index in [2.05, 4.69) is 11.1 Å². The Morgan fingerprint density at radius 1 is 1.58 bits per heavy atom. The molecule has 1 aliphatic carbocycles. The normalized spacial score (nSPS) is 18.3. The van der Waals surface area contributed by atoms with Crippen molar-refractivity contribution in [1.29, 1.82) is 5.26 Å². The highest BCUT2D eigenvalue weighted by molar-refractivity contribution is 5.38. The van der Waals surface area contributed by atoms with E-state index in [-0.39, 0.29) is 5.82 Å². The van der Waals surface area contributed by atoms with Crippen molar-refractivity contribution in [2.75, 3.05) is 0 Å². The Bertz CT molecular complexity index is 350. The molecule has 0 unspecified atom stereocenters. The van der Waals surface area contributed by atoms with Crippen LogP contribution in [-0.4, -0.2) is 4.98 Å². The second-order valence-electron chi connectivity index (χ2n) is 3.05. The van der Waals surface area contributed by atoms with Crippen LogP contribution in [0.1, 0.15) is 18.4 Å². The summed E-state index contributed by atoms with van der Waals surface area (Å²) in [5.41, 5.74) is -0.0347. The molecule has 0 radical (unpaired) electrons. The van der Waals surface area contributed by atoms with E-state index in [1.54, 1.807) is 6.07 Å². The van der Waals surface area contributed by atoms with Crippen molar-refractivity contribution in [1.82, 2.24) is 4.98 Å². The van der Waals surface area contributed by atoms with Gasteiger partial charge in [0.1, 0.15) is 5.82 Å². The third-order valence-electron chi connectivity index (χ3n) is 2.25. The molecule has 1 fully saturated rings. The lowest BCUT2D eigenvalue weighted by atomic mass is 9.99. The van der Waals surface area contributed by atoms with Gasteiger partial charge in [-0.15, -0.1) is 0 Å². The minimum absolute atomic E-state index is 0.364. The molecule has 3 heteroatoms. The summed E-state index contributed by atoms with van der Waals surface area (Å²) in [6.07, 6.45) is 4.22. The molecule has 0 N–H and O–H groups in total. The van der Waals surface area contributed by atoms with E-state index in [1.165, 1.54) is 6.20 Å². The SMILES string of the molecule is N#CC1(c2ccncc2F)CC1. The van der Waals surface area contributed by atoms with Gasteiger partial charge in [-0.25, -0.2) is 4.39 Å². The fourth-order valence-corrected chi connectivity index (χ4v) is 1.33. The number of hydrogen-bond acceptors (Lipinski definition) is 2. The van der Waals surface area contributed by atoms with Crippen LogP contribution in [0, 0.1) is 17.1 Å². The number of pyridine rings is 1. The first-order chi connectivity index (χ1) is 5.78. The highest BCUT2D eigenvalue weighted by Gasteiger charge is 2.46. The van der Waals surface area contributed by atoms with Gasteiger partial charge in [0.05, 0.1) is 17.7 Å². The van der Waals surface area contributed by atoms with Gasteiger partial charge in [0.15, 0.2) is 0 Å². The van der Waals surface area contributed by atoms with E-state index in [9.17, 15) is 4.39 Å². The number of rotatable bonds is 1. The zero-order valence-corrected chi connectivity index (χ0v) is 6.42. The average Bonchev–Trinajstić information content (AvgIpc) is 2.86. The van der Waals surface area contributed by atoms with Crippen LogP contribution in [0.2, 0.25) is 0 Å². The molecule has 0 spiro atoms. The molecule has 0 atom stereocenters. The molecule has 0 aliphatic heterocycles. The lowest BCUT2D eigenvalue weighted by molar-refractivity contribution is 0.593. The van der Waals surface area contributed by atoms with Gasteiger partial charge in [-0.1, -0.05) is 0 Å². The second-order valence-corrected chi connectivity index (χ2v) is 3.05. The Kier molecular flexibility index (Phi) is 1.37. The Labute approximate surface area is 69.7 Å². The van der Waals surface area contributed by atoms with Crippen molar-refractivity contribution in [2.24, 2.45) is 0 Å². The number of nitriles is 1. The summed E-state index contributed by atoms with van der Waals surface area (Å²) in [6.45, 7) is 0. The van der Waals surface area contributed by atoms with Gasteiger partial charge >= 0.3 is 0 Å². The monoisotopic (exact) mass is 162 g/mol. The summed E-state index contributed by atoms with van der Waals surface area (Å²) in [5, 5.41) is 8.80. The first kappa shape index (κ1) is 7.23. The van der Waals surface area contributed by atoms with Crippen LogP contribution in [-0.2, 0) is 5.41 Å². The number of hydrogen-bond donors (Lipinski definition) is 0. The fraction of sp³-hybridized carbons (Fsp3) is 0.333. The van der Waals surface area contributed by atoms with Crippen molar-refractivity contribution < 1.29 is 4.39 Å². The number of halogens is 1. The maximum atomic E-state index is 13.1. The van der Waals surface area contributed by atoms with Gasteiger partial charge in [0.25, 0.3) is 0 Å². The molecular formula is C9H7FN2. The van der Waals surface area contributed by atoms with Crippen LogP contribution in [0.3, 0.4) is 0 Å². The molecular weight excluding hydrogens is 155 g/mol. The third-order valence-corrected chi connectivity index (χ3v) is 2.25. The Hall–Kier alpha value is -1.43. The third kappa shape index (κ3) is 0.884. The van der Waals surface area contributed by atoms with Gasteiger partial charge in [0, 0.05) is 11.8 Å². The first-order valence-electron chi connectivity index (χ1n) is 3.80. The largest absolute Gasteiger partial charge is 0.262 e. The number of nitrogens with zero attached hydrogens (tertiary/aromatic N) is 2. The minimum atomic E-state index is -0.535. The average molecular weight is 162 g/mol. The molecule has 60 valence electrons. The molecule has 0 saturated heterocycles. The van der Waals surface area contributed by atoms with Crippen LogP contribution in [0.5, 0.6) is 0 Å². The maximum absolute atomic E-state index is 13.1. The van der Waals surface area contributed by atoms with Gasteiger partial charge in [0.2, 0.25) is 0 Å². The molecule has 1 aromatic rings. The quantitative estimate of drug-likeness (QED) is 0.631. The van der Waals surface area contributed by atoms with E-state index in [4.69, 9.17) is 5.26 Å². The maximum Gasteiger partial charge on any atom is 0.146 e. The van der Waals surface area contributed by atoms with Crippen LogP contribution in [0.25, 0.3) is 0 Å². The van der Waals surface area contributed by atoms with Gasteiger partial charge in [-0.3, -0.25) is 4.98 Å². The first-order valence-corrected chi connectivity index (χ1v) is 3.80. The van der Waals surface area contributed by atoms with Crippen molar-refractivity contribution in [3.63, 3.8) is 0 Å². The van der Waals surface area contributed by atoms with E-state index in [0.717, 1.165) is 19.0 Å². The van der Waals surface area contributed by atoms with Crippen molar-refractivity contribution >= 4 is 0 Å². The summed E-state index contributed by atoms with van der Waals surface area (Å²) < 4.78 is 13.1. The van der Waals surface area contributed by atoms with Gasteiger partial charge in [-0.2, -0.15) is 5.26 Å². The Balaban J connectivity index is 2.48. The summed E-state index contributed by atoms with van der Waals surface area (Å²) >= 11 is 0. The molecule has 1 aliphatic rings. The minimum Gasteiger partial charge on any atom is -0.262 e. The van der Waals surface area contributed by atoms with Crippen molar-refractivity contribution in [2.45, 2.75) is 18.3 Å². The summed E-state index contributed by atoms with van der Waals surface area (Å²) in [6, 6.07) is 3.73. The zero-order chi connectivity index (χ0) is 8.60. The smallest absolute Gasteiger partial charge is 0.146 e. The van der Waals surface area contributed by atoms with Crippen LogP contribution < -0.4 is 0 Å². The fourth-order valence-electron chi connectivity index (χ4n) is 1.33. The molecule has 0 amide bonds. The predicted molar refractivity (Wildman–Crippen MR) is 40.7 cm³/mol. The topological polar surface area (TPSA) is 36.7 Å². The molecule has 1 saturated carbocycles. The molecule has 0 aromatic carbocycles. The van der Waals surface area contributed by atoms with Crippen molar-refractivity contribution in [3.05, 3.63) is 29.8 Å². The summed E-state index contributed by atoms with van der Waals surface area (Å²) in [5.74, 6) is -0.364. The zero-order valence-electron chi connectivity index (χ0n) is 6.42. The molecule has 0 bridgehead atoms. The second kappa shape index (κ2) is 2.28. The van der Waals surface area contributed by atoms with Gasteiger partial charge in [-0.05, 0) is 18.9 Å². The Morgan fingerprint density at radius 2 is 2.33 bits per heavy atom. The molecule has 2 nitrogen and oxygen atoms in total. The molecule has 12 heavy (non-hydrogen) atoms. The lowest BCUT2D eigenvalue weighted by Gasteiger charge is -2.05. The van der Waals surface area contributed by atoms with Crippen LogP contribution in [0.15, 0.2) is 18.5 Å². The summed E-state index contributed by atoms with van der Waals surface area (Å²) in [4.78, 5) is 3.64. The molecule has 1 aromatic heterocycles.